The van der Waals surface area contributed by atoms with Crippen LogP contribution >= 0.6 is 0 Å². The van der Waals surface area contributed by atoms with E-state index in [0.717, 1.165) is 43.7 Å². The molecule has 30 heavy (non-hydrogen) atoms. The molecular weight excluding hydrogens is 378 g/mol. The van der Waals surface area contributed by atoms with Crippen LogP contribution in [0.2, 0.25) is 0 Å². The fourth-order valence-electron chi connectivity index (χ4n) is 4.91. The van der Waals surface area contributed by atoms with Gasteiger partial charge in [-0.15, -0.1) is 5.10 Å². The number of fused-ring (bicyclic) bond motifs is 1. The lowest BCUT2D eigenvalue weighted by Gasteiger charge is -2.35. The number of nitrogens with zero attached hydrogens (tertiary/aromatic N) is 5. The highest BCUT2D eigenvalue weighted by atomic mass is 16.5. The first kappa shape index (κ1) is 19.1. The Bertz CT molecular complexity index is 1030. The molecule has 1 N–H and O–H groups in total. The maximum absolute atomic E-state index is 10.1. The zero-order chi connectivity index (χ0) is 20.5. The second kappa shape index (κ2) is 8.07. The molecule has 0 spiro atoms. The first-order chi connectivity index (χ1) is 14.7. The van der Waals surface area contributed by atoms with E-state index in [-0.39, 0.29) is 11.8 Å². The summed E-state index contributed by atoms with van der Waals surface area (Å²) in [5.74, 6) is 1.48. The van der Waals surface area contributed by atoms with Gasteiger partial charge in [-0.1, -0.05) is 43.2 Å². The zero-order valence-corrected chi connectivity index (χ0v) is 17.2. The van der Waals surface area contributed by atoms with Crippen molar-refractivity contribution in [2.24, 2.45) is 0 Å². The van der Waals surface area contributed by atoms with Crippen LogP contribution in [0.25, 0.3) is 0 Å². The first-order valence-electron chi connectivity index (χ1n) is 10.7. The van der Waals surface area contributed by atoms with E-state index < -0.39 is 0 Å². The molecule has 1 fully saturated rings. The molecule has 0 bridgehead atoms. The zero-order valence-electron chi connectivity index (χ0n) is 17.2. The molecule has 0 saturated heterocycles. The van der Waals surface area contributed by atoms with E-state index in [0.29, 0.717) is 11.8 Å². The molecule has 1 aromatic heterocycles. The van der Waals surface area contributed by atoms with Crippen molar-refractivity contribution in [1.82, 2.24) is 25.1 Å². The molecule has 0 amide bonds. The van der Waals surface area contributed by atoms with Crippen LogP contribution in [0.3, 0.4) is 0 Å². The second-order valence-corrected chi connectivity index (χ2v) is 8.24. The summed E-state index contributed by atoms with van der Waals surface area (Å²) in [6.07, 6.45) is 5.67. The van der Waals surface area contributed by atoms with Gasteiger partial charge in [-0.2, -0.15) is 0 Å². The average Bonchev–Trinajstić information content (AvgIpc) is 3.47. The SMILES string of the molecule is COc1cc(C(c2nnnn2C2CCCC2)N2CCc3ccccc3C2)ccc1O. The van der Waals surface area contributed by atoms with Gasteiger partial charge in [0.1, 0.15) is 0 Å². The molecular formula is C23H27N5O2. The molecule has 1 atom stereocenters. The molecule has 1 unspecified atom stereocenters. The molecule has 1 aliphatic carbocycles. The van der Waals surface area contributed by atoms with Gasteiger partial charge in [-0.25, -0.2) is 4.68 Å². The summed E-state index contributed by atoms with van der Waals surface area (Å²) in [6.45, 7) is 1.75. The Labute approximate surface area is 176 Å². The summed E-state index contributed by atoms with van der Waals surface area (Å²) in [4.78, 5) is 2.44. The van der Waals surface area contributed by atoms with Crippen molar-refractivity contribution in [3.8, 4) is 11.5 Å². The minimum atomic E-state index is -0.108. The lowest BCUT2D eigenvalue weighted by molar-refractivity contribution is 0.191. The van der Waals surface area contributed by atoms with Crippen molar-refractivity contribution in [2.75, 3.05) is 13.7 Å². The Balaban J connectivity index is 1.58. The first-order valence-corrected chi connectivity index (χ1v) is 10.7. The van der Waals surface area contributed by atoms with Crippen molar-refractivity contribution in [2.45, 2.75) is 50.7 Å². The quantitative estimate of drug-likeness (QED) is 0.698. The summed E-state index contributed by atoms with van der Waals surface area (Å²) in [5, 5.41) is 23.1. The molecule has 156 valence electrons. The van der Waals surface area contributed by atoms with Crippen LogP contribution in [-0.4, -0.2) is 43.9 Å². The van der Waals surface area contributed by atoms with Crippen LogP contribution in [-0.2, 0) is 13.0 Å². The summed E-state index contributed by atoms with van der Waals surface area (Å²) in [7, 11) is 1.58. The molecule has 1 aliphatic heterocycles. The fraction of sp³-hybridized carbons (Fsp3) is 0.435. The summed E-state index contributed by atoms with van der Waals surface area (Å²) in [6, 6.07) is 14.4. The Morgan fingerprint density at radius 3 is 2.70 bits per heavy atom. The summed E-state index contributed by atoms with van der Waals surface area (Å²) < 4.78 is 7.44. The third kappa shape index (κ3) is 3.43. The highest BCUT2D eigenvalue weighted by Crippen LogP contribution is 2.38. The Morgan fingerprint density at radius 2 is 1.90 bits per heavy atom. The minimum Gasteiger partial charge on any atom is -0.504 e. The van der Waals surface area contributed by atoms with E-state index in [2.05, 4.69) is 44.7 Å². The fourth-order valence-corrected chi connectivity index (χ4v) is 4.91. The summed E-state index contributed by atoms with van der Waals surface area (Å²) in [5.41, 5.74) is 3.78. The monoisotopic (exact) mass is 405 g/mol. The van der Waals surface area contributed by atoms with Gasteiger partial charge in [-0.05, 0) is 58.5 Å². The molecule has 1 saturated carbocycles. The predicted octanol–water partition coefficient (Wildman–Crippen LogP) is 3.65. The largest absolute Gasteiger partial charge is 0.504 e. The minimum absolute atomic E-state index is 0.108. The number of rotatable bonds is 5. The standard InChI is InChI=1S/C23H27N5O2/c1-30-21-14-17(10-11-20(21)29)22(23-24-25-26-28(23)19-8-4-5-9-19)27-13-12-16-6-2-3-7-18(16)15-27/h2-3,6-7,10-11,14,19,22,29H,4-5,8-9,12-13,15H2,1H3. The lowest BCUT2D eigenvalue weighted by atomic mass is 9.95. The molecule has 5 rings (SSSR count). The van der Waals surface area contributed by atoms with Crippen molar-refractivity contribution >= 4 is 0 Å². The molecule has 2 aliphatic rings. The van der Waals surface area contributed by atoms with E-state index in [9.17, 15) is 5.11 Å². The highest BCUT2D eigenvalue weighted by molar-refractivity contribution is 5.44. The topological polar surface area (TPSA) is 76.3 Å². The molecule has 7 heteroatoms. The number of methoxy groups -OCH3 is 1. The Kier molecular flexibility index (Phi) is 5.12. The van der Waals surface area contributed by atoms with Gasteiger partial charge in [0, 0.05) is 13.1 Å². The number of hydrogen-bond donors (Lipinski definition) is 1. The van der Waals surface area contributed by atoms with Crippen LogP contribution in [0.15, 0.2) is 42.5 Å². The van der Waals surface area contributed by atoms with Crippen LogP contribution in [0.4, 0.5) is 0 Å². The van der Waals surface area contributed by atoms with Crippen molar-refractivity contribution in [1.29, 1.82) is 0 Å². The maximum atomic E-state index is 10.1. The van der Waals surface area contributed by atoms with Crippen molar-refractivity contribution in [3.05, 3.63) is 65.0 Å². The second-order valence-electron chi connectivity index (χ2n) is 8.24. The van der Waals surface area contributed by atoms with Crippen LogP contribution < -0.4 is 4.74 Å². The number of benzene rings is 2. The maximum Gasteiger partial charge on any atom is 0.173 e. The number of tetrazole rings is 1. The molecule has 2 heterocycles. The molecule has 0 radical (unpaired) electrons. The predicted molar refractivity (Wildman–Crippen MR) is 112 cm³/mol. The number of hydrogen-bond acceptors (Lipinski definition) is 6. The van der Waals surface area contributed by atoms with Gasteiger partial charge >= 0.3 is 0 Å². The van der Waals surface area contributed by atoms with Crippen molar-refractivity contribution < 1.29 is 9.84 Å². The van der Waals surface area contributed by atoms with E-state index >= 15 is 0 Å². The van der Waals surface area contributed by atoms with Crippen molar-refractivity contribution in [3.63, 3.8) is 0 Å². The van der Waals surface area contributed by atoms with Gasteiger partial charge < -0.3 is 9.84 Å². The highest BCUT2D eigenvalue weighted by Gasteiger charge is 2.33. The normalized spacial score (nSPS) is 18.3. The lowest BCUT2D eigenvalue weighted by Crippen LogP contribution is -2.36. The van der Waals surface area contributed by atoms with Gasteiger partial charge in [0.25, 0.3) is 0 Å². The van der Waals surface area contributed by atoms with Crippen LogP contribution in [0.5, 0.6) is 11.5 Å². The smallest absolute Gasteiger partial charge is 0.173 e. The number of aromatic nitrogens is 4. The number of ether oxygens (including phenoxy) is 1. The van der Waals surface area contributed by atoms with Gasteiger partial charge in [0.05, 0.1) is 19.2 Å². The van der Waals surface area contributed by atoms with Crippen LogP contribution in [0, 0.1) is 0 Å². The van der Waals surface area contributed by atoms with Gasteiger partial charge in [0.15, 0.2) is 17.3 Å². The Morgan fingerprint density at radius 1 is 1.10 bits per heavy atom. The van der Waals surface area contributed by atoms with Gasteiger partial charge in [0.2, 0.25) is 0 Å². The third-order valence-electron chi connectivity index (χ3n) is 6.48. The Hall–Kier alpha value is -2.93. The van der Waals surface area contributed by atoms with E-state index in [4.69, 9.17) is 4.74 Å². The van der Waals surface area contributed by atoms with E-state index in [1.165, 1.54) is 24.0 Å². The average molecular weight is 406 g/mol. The molecule has 3 aromatic rings. The van der Waals surface area contributed by atoms with E-state index in [1.54, 1.807) is 13.2 Å². The van der Waals surface area contributed by atoms with Crippen LogP contribution in [0.1, 0.15) is 60.3 Å². The third-order valence-corrected chi connectivity index (χ3v) is 6.48. The summed E-state index contributed by atoms with van der Waals surface area (Å²) >= 11 is 0. The number of phenolic OH excluding ortho intramolecular Hbond substituents is 1. The molecule has 2 aromatic carbocycles. The number of aromatic hydroxyl groups is 1. The van der Waals surface area contributed by atoms with E-state index in [1.807, 2.05) is 16.8 Å². The number of phenols is 1. The van der Waals surface area contributed by atoms with Gasteiger partial charge in [-0.3, -0.25) is 4.90 Å². The molecule has 7 nitrogen and oxygen atoms in total.